The molecule has 0 amide bonds. The molecule has 2 rings (SSSR count). The molecular weight excluding hydrogens is 238 g/mol. The summed E-state index contributed by atoms with van der Waals surface area (Å²) in [5.41, 5.74) is 3.37. The third-order valence-electron chi connectivity index (χ3n) is 3.29. The molecule has 0 saturated heterocycles. The van der Waals surface area contributed by atoms with E-state index in [0.717, 1.165) is 36.4 Å². The molecule has 3 N–H and O–H groups in total. The average molecular weight is 261 g/mol. The lowest BCUT2D eigenvalue weighted by atomic mass is 9.95. The molecular formula is C15H23N3O. The van der Waals surface area contributed by atoms with Gasteiger partial charge in [0.15, 0.2) is 0 Å². The minimum absolute atomic E-state index is 0.0511. The van der Waals surface area contributed by atoms with E-state index < -0.39 is 0 Å². The Morgan fingerprint density at radius 1 is 1.37 bits per heavy atom. The minimum Gasteiger partial charge on any atom is -0.396 e. The molecule has 0 atom stereocenters. The second kappa shape index (κ2) is 5.72. The molecule has 0 spiro atoms. The third-order valence-corrected chi connectivity index (χ3v) is 3.29. The molecule has 2 aromatic rings. The van der Waals surface area contributed by atoms with E-state index >= 15 is 0 Å². The van der Waals surface area contributed by atoms with Gasteiger partial charge in [-0.1, -0.05) is 19.9 Å². The number of aromatic nitrogens is 2. The van der Waals surface area contributed by atoms with Crippen molar-refractivity contribution in [1.29, 1.82) is 0 Å². The zero-order valence-corrected chi connectivity index (χ0v) is 12.0. The van der Waals surface area contributed by atoms with Crippen LogP contribution in [-0.4, -0.2) is 34.8 Å². The molecule has 19 heavy (non-hydrogen) atoms. The number of aliphatic hydroxyl groups excluding tert-OH is 1. The van der Waals surface area contributed by atoms with Crippen LogP contribution in [0.2, 0.25) is 0 Å². The number of fused-ring (bicyclic) bond motifs is 1. The molecule has 0 unspecified atom stereocenters. The van der Waals surface area contributed by atoms with Crippen LogP contribution in [0.3, 0.4) is 0 Å². The van der Waals surface area contributed by atoms with Gasteiger partial charge in [0.05, 0.1) is 11.0 Å². The molecule has 0 aliphatic carbocycles. The SMILES string of the molecule is Cc1nc2ccc(CCNCC(C)(C)CO)cc2[nH]1. The van der Waals surface area contributed by atoms with E-state index in [9.17, 15) is 5.11 Å². The molecule has 4 heteroatoms. The number of imidazole rings is 1. The van der Waals surface area contributed by atoms with E-state index in [1.807, 2.05) is 6.92 Å². The van der Waals surface area contributed by atoms with Crippen molar-refractivity contribution < 1.29 is 5.11 Å². The predicted molar refractivity (Wildman–Crippen MR) is 78.3 cm³/mol. The Hall–Kier alpha value is -1.39. The first kappa shape index (κ1) is 14.0. The van der Waals surface area contributed by atoms with Crippen LogP contribution in [0.15, 0.2) is 18.2 Å². The summed E-state index contributed by atoms with van der Waals surface area (Å²) in [6.45, 7) is 8.04. The number of rotatable bonds is 6. The van der Waals surface area contributed by atoms with Crippen molar-refractivity contribution in [3.8, 4) is 0 Å². The van der Waals surface area contributed by atoms with Crippen LogP contribution >= 0.6 is 0 Å². The summed E-state index contributed by atoms with van der Waals surface area (Å²) in [6, 6.07) is 6.35. The van der Waals surface area contributed by atoms with Crippen LogP contribution in [0.4, 0.5) is 0 Å². The van der Waals surface area contributed by atoms with Gasteiger partial charge >= 0.3 is 0 Å². The minimum atomic E-state index is -0.0511. The van der Waals surface area contributed by atoms with E-state index in [-0.39, 0.29) is 12.0 Å². The Kier molecular flexibility index (Phi) is 4.22. The number of hydrogen-bond donors (Lipinski definition) is 3. The molecule has 1 aromatic heterocycles. The maximum Gasteiger partial charge on any atom is 0.104 e. The van der Waals surface area contributed by atoms with Gasteiger partial charge in [-0.05, 0) is 37.6 Å². The molecule has 0 aliphatic heterocycles. The topological polar surface area (TPSA) is 60.9 Å². The fraction of sp³-hybridized carbons (Fsp3) is 0.533. The number of aryl methyl sites for hydroxylation is 1. The predicted octanol–water partition coefficient (Wildman–Crippen LogP) is 2.02. The van der Waals surface area contributed by atoms with Crippen molar-refractivity contribution in [3.05, 3.63) is 29.6 Å². The number of nitrogens with zero attached hydrogens (tertiary/aromatic N) is 1. The van der Waals surface area contributed by atoms with Gasteiger partial charge in [0.25, 0.3) is 0 Å². The second-order valence-corrected chi connectivity index (χ2v) is 5.92. The molecule has 0 saturated carbocycles. The smallest absolute Gasteiger partial charge is 0.104 e. The van der Waals surface area contributed by atoms with Crippen LogP contribution < -0.4 is 5.32 Å². The van der Waals surface area contributed by atoms with Gasteiger partial charge in [-0.15, -0.1) is 0 Å². The summed E-state index contributed by atoms with van der Waals surface area (Å²) in [6.07, 6.45) is 0.982. The molecule has 0 aliphatic rings. The summed E-state index contributed by atoms with van der Waals surface area (Å²) in [4.78, 5) is 7.65. The monoisotopic (exact) mass is 261 g/mol. The first-order chi connectivity index (χ1) is 9.00. The van der Waals surface area contributed by atoms with E-state index in [1.54, 1.807) is 0 Å². The molecule has 0 radical (unpaired) electrons. The Bertz CT molecular complexity index is 545. The maximum absolute atomic E-state index is 9.18. The lowest BCUT2D eigenvalue weighted by Gasteiger charge is -2.21. The fourth-order valence-corrected chi connectivity index (χ4v) is 2.06. The van der Waals surface area contributed by atoms with Crippen molar-refractivity contribution in [1.82, 2.24) is 15.3 Å². The van der Waals surface area contributed by atoms with Crippen LogP contribution in [0.5, 0.6) is 0 Å². The Labute approximate surface area is 114 Å². The first-order valence-corrected chi connectivity index (χ1v) is 6.77. The van der Waals surface area contributed by atoms with E-state index in [1.165, 1.54) is 5.56 Å². The molecule has 0 fully saturated rings. The Morgan fingerprint density at radius 3 is 2.89 bits per heavy atom. The summed E-state index contributed by atoms with van der Waals surface area (Å²) in [5, 5.41) is 12.6. The van der Waals surface area contributed by atoms with Crippen LogP contribution in [0.25, 0.3) is 11.0 Å². The number of nitrogens with one attached hydrogen (secondary N) is 2. The summed E-state index contributed by atoms with van der Waals surface area (Å²) < 4.78 is 0. The molecule has 0 bridgehead atoms. The highest BCUT2D eigenvalue weighted by atomic mass is 16.3. The maximum atomic E-state index is 9.18. The molecule has 1 aromatic carbocycles. The average Bonchev–Trinajstić information content (AvgIpc) is 2.74. The first-order valence-electron chi connectivity index (χ1n) is 6.77. The van der Waals surface area contributed by atoms with Crippen molar-refractivity contribution >= 4 is 11.0 Å². The zero-order chi connectivity index (χ0) is 13.9. The van der Waals surface area contributed by atoms with Gasteiger partial charge in [0, 0.05) is 18.6 Å². The highest BCUT2D eigenvalue weighted by molar-refractivity contribution is 5.75. The normalized spacial score (nSPS) is 12.2. The summed E-state index contributed by atoms with van der Waals surface area (Å²) >= 11 is 0. The quantitative estimate of drug-likeness (QED) is 0.697. The highest BCUT2D eigenvalue weighted by Gasteiger charge is 2.15. The van der Waals surface area contributed by atoms with Crippen LogP contribution in [0, 0.1) is 12.3 Å². The lowest BCUT2D eigenvalue weighted by molar-refractivity contribution is 0.157. The van der Waals surface area contributed by atoms with Gasteiger partial charge in [0.2, 0.25) is 0 Å². The fourth-order valence-electron chi connectivity index (χ4n) is 2.06. The third kappa shape index (κ3) is 3.78. The molecule has 1 heterocycles. The number of benzene rings is 1. The van der Waals surface area contributed by atoms with Crippen LogP contribution in [-0.2, 0) is 6.42 Å². The standard InChI is InChI=1S/C15H23N3O/c1-11-17-13-5-4-12(8-14(13)18-11)6-7-16-9-15(2,3)10-19/h4-5,8,16,19H,6-7,9-10H2,1-3H3,(H,17,18). The number of H-pyrrole nitrogens is 1. The van der Waals surface area contributed by atoms with Gasteiger partial charge in [0.1, 0.15) is 5.82 Å². The Balaban J connectivity index is 1.88. The van der Waals surface area contributed by atoms with Crippen molar-refractivity contribution in [3.63, 3.8) is 0 Å². The van der Waals surface area contributed by atoms with Gasteiger partial charge in [-0.25, -0.2) is 4.98 Å². The molecule has 104 valence electrons. The van der Waals surface area contributed by atoms with E-state index in [0.29, 0.717) is 0 Å². The van der Waals surface area contributed by atoms with Crippen molar-refractivity contribution in [2.24, 2.45) is 5.41 Å². The summed E-state index contributed by atoms with van der Waals surface area (Å²) in [5.74, 6) is 0.954. The van der Waals surface area contributed by atoms with Gasteiger partial charge in [-0.3, -0.25) is 0 Å². The number of aromatic amines is 1. The number of aliphatic hydroxyl groups is 1. The van der Waals surface area contributed by atoms with Crippen LogP contribution in [0.1, 0.15) is 25.2 Å². The zero-order valence-electron chi connectivity index (χ0n) is 12.0. The molecule has 4 nitrogen and oxygen atoms in total. The van der Waals surface area contributed by atoms with Gasteiger partial charge in [-0.2, -0.15) is 0 Å². The summed E-state index contributed by atoms with van der Waals surface area (Å²) in [7, 11) is 0. The van der Waals surface area contributed by atoms with Gasteiger partial charge < -0.3 is 15.4 Å². The van der Waals surface area contributed by atoms with E-state index in [2.05, 4.69) is 47.3 Å². The second-order valence-electron chi connectivity index (χ2n) is 5.92. The van der Waals surface area contributed by atoms with Crippen molar-refractivity contribution in [2.75, 3.05) is 19.7 Å². The Morgan fingerprint density at radius 2 is 2.16 bits per heavy atom. The largest absolute Gasteiger partial charge is 0.396 e. The lowest BCUT2D eigenvalue weighted by Crippen LogP contribution is -2.33. The highest BCUT2D eigenvalue weighted by Crippen LogP contribution is 2.14. The van der Waals surface area contributed by atoms with E-state index in [4.69, 9.17) is 0 Å². The van der Waals surface area contributed by atoms with Crippen molar-refractivity contribution in [2.45, 2.75) is 27.2 Å². The number of hydrogen-bond acceptors (Lipinski definition) is 3.